The Bertz CT molecular complexity index is 1250. The Morgan fingerprint density at radius 2 is 0.578 bits per heavy atom. The molecule has 0 aliphatic carbocycles. The van der Waals surface area contributed by atoms with Gasteiger partial charge in [0.25, 0.3) is 0 Å². The molecule has 3 nitrogen and oxygen atoms in total. The van der Waals surface area contributed by atoms with Crippen LogP contribution in [0.15, 0.2) is 121 Å². The van der Waals surface area contributed by atoms with Gasteiger partial charge in [0, 0.05) is 0 Å². The van der Waals surface area contributed by atoms with E-state index in [4.69, 9.17) is 14.2 Å². The topological polar surface area (TPSA) is 27.7 Å². The maximum absolute atomic E-state index is 6.73. The summed E-state index contributed by atoms with van der Waals surface area (Å²) in [6, 6.07) is 43.8. The van der Waals surface area contributed by atoms with Gasteiger partial charge in [0.05, 0.1) is 0 Å². The van der Waals surface area contributed by atoms with Crippen molar-refractivity contribution in [1.29, 1.82) is 0 Å². The molecule has 1 saturated heterocycles. The predicted octanol–water partition coefficient (Wildman–Crippen LogP) is 10.6. The molecule has 45 heavy (non-hydrogen) atoms. The molecule has 0 unspecified atom stereocenters. The van der Waals surface area contributed by atoms with E-state index < -0.39 is 10.6 Å². The molecule has 0 saturated carbocycles. The SMILES string of the molecule is BrP1(Cc2ccccc2)(Cc2ccccc2)CCOCCOCCP(Br)(Cc2ccccc2)(Cc2ccccc2)CCOCC1. The molecule has 1 aliphatic rings. The molecule has 1 aliphatic heterocycles. The van der Waals surface area contributed by atoms with Crippen LogP contribution in [-0.2, 0) is 38.9 Å². The van der Waals surface area contributed by atoms with Crippen LogP contribution in [0, 0.1) is 0 Å². The van der Waals surface area contributed by atoms with Crippen molar-refractivity contribution in [2.24, 2.45) is 0 Å². The summed E-state index contributed by atoms with van der Waals surface area (Å²) in [4.78, 5) is 0. The zero-order valence-corrected chi connectivity index (χ0v) is 31.3. The van der Waals surface area contributed by atoms with Gasteiger partial charge in [0.2, 0.25) is 0 Å². The van der Waals surface area contributed by atoms with Crippen molar-refractivity contribution in [1.82, 2.24) is 0 Å². The molecular formula is C38H48Br2O3P2. The second-order valence-corrected chi connectivity index (χ2v) is 35.3. The van der Waals surface area contributed by atoms with Gasteiger partial charge < -0.3 is 0 Å². The van der Waals surface area contributed by atoms with Crippen molar-refractivity contribution in [3.63, 3.8) is 0 Å². The summed E-state index contributed by atoms with van der Waals surface area (Å²) in [6.07, 6.45) is 8.08. The van der Waals surface area contributed by atoms with Gasteiger partial charge in [-0.05, 0) is 0 Å². The molecule has 4 aromatic carbocycles. The number of hydrogen-bond donors (Lipinski definition) is 0. The van der Waals surface area contributed by atoms with E-state index in [0.717, 1.165) is 62.5 Å². The number of ether oxygens (including phenoxy) is 3. The quantitative estimate of drug-likeness (QED) is 0.167. The Kier molecular flexibility index (Phi) is 12.5. The average Bonchev–Trinajstić information content (AvgIpc) is 3.04. The van der Waals surface area contributed by atoms with Crippen LogP contribution in [0.1, 0.15) is 22.3 Å². The number of halogens is 2. The van der Waals surface area contributed by atoms with Crippen LogP contribution in [0.2, 0.25) is 0 Å². The molecule has 5 rings (SSSR count). The minimum absolute atomic E-state index is 0.613. The van der Waals surface area contributed by atoms with Crippen molar-refractivity contribution >= 4 is 41.6 Å². The van der Waals surface area contributed by atoms with E-state index in [1.165, 1.54) is 22.3 Å². The first-order chi connectivity index (χ1) is 21.8. The van der Waals surface area contributed by atoms with Crippen LogP contribution in [0.4, 0.5) is 0 Å². The third-order valence-corrected chi connectivity index (χ3v) is 26.3. The van der Waals surface area contributed by atoms with E-state index >= 15 is 0 Å². The monoisotopic (exact) mass is 772 g/mol. The summed E-state index contributed by atoms with van der Waals surface area (Å²) in [7, 11) is 0. The van der Waals surface area contributed by atoms with Crippen LogP contribution in [-0.4, -0.2) is 64.3 Å². The van der Waals surface area contributed by atoms with E-state index in [0.29, 0.717) is 26.4 Å². The molecule has 1 fully saturated rings. The van der Waals surface area contributed by atoms with Crippen molar-refractivity contribution in [2.45, 2.75) is 24.6 Å². The average molecular weight is 775 g/mol. The maximum atomic E-state index is 6.73. The normalized spacial score (nSPS) is 22.2. The molecule has 0 aromatic heterocycles. The number of benzene rings is 4. The zero-order chi connectivity index (χ0) is 31.4. The van der Waals surface area contributed by atoms with E-state index in [9.17, 15) is 0 Å². The van der Waals surface area contributed by atoms with Crippen LogP contribution < -0.4 is 0 Å². The Hall–Kier alpha value is -1.42. The standard InChI is InChI=1S/C38H48Br2O3P2/c39-44(31-35-13-5-1-6-14-35,32-36-15-7-2-8-16-36)27-23-41-21-22-42-24-28-45(40,30-26-43-25-29-44,33-37-17-9-3-10-18-37)34-38-19-11-4-12-20-38/h1-20H,21-34H2. The molecule has 0 spiro atoms. The van der Waals surface area contributed by atoms with Crippen LogP contribution in [0.25, 0.3) is 0 Å². The Balaban J connectivity index is 1.43. The fraction of sp³-hybridized carbons (Fsp3) is 0.368. The van der Waals surface area contributed by atoms with Gasteiger partial charge in [-0.1, -0.05) is 0 Å². The van der Waals surface area contributed by atoms with Gasteiger partial charge in [-0.25, -0.2) is 0 Å². The Labute approximate surface area is 286 Å². The molecule has 4 aromatic rings. The minimum atomic E-state index is -2.55. The summed E-state index contributed by atoms with van der Waals surface area (Å²) in [5, 5.41) is -5.09. The Morgan fingerprint density at radius 3 is 0.822 bits per heavy atom. The van der Waals surface area contributed by atoms with E-state index in [-0.39, 0.29) is 0 Å². The van der Waals surface area contributed by atoms with Crippen molar-refractivity contribution in [3.8, 4) is 0 Å². The second-order valence-electron chi connectivity index (χ2n) is 12.9. The predicted molar refractivity (Wildman–Crippen MR) is 204 cm³/mol. The molecule has 0 radical (unpaired) electrons. The van der Waals surface area contributed by atoms with Crippen molar-refractivity contribution in [3.05, 3.63) is 144 Å². The summed E-state index contributed by atoms with van der Waals surface area (Å²) < 4.78 is 19.3. The molecule has 0 bridgehead atoms. The molecule has 0 N–H and O–H groups in total. The molecule has 7 heteroatoms. The van der Waals surface area contributed by atoms with E-state index in [1.807, 2.05) is 0 Å². The van der Waals surface area contributed by atoms with Crippen LogP contribution in [0.5, 0.6) is 0 Å². The summed E-state index contributed by atoms with van der Waals surface area (Å²) >= 11 is 9.15. The van der Waals surface area contributed by atoms with Crippen LogP contribution in [0.3, 0.4) is 0 Å². The fourth-order valence-corrected chi connectivity index (χ4v) is 20.7. The molecule has 242 valence electrons. The molecule has 0 amide bonds. The van der Waals surface area contributed by atoms with Gasteiger partial charge in [0.15, 0.2) is 0 Å². The number of hydrogen-bond acceptors (Lipinski definition) is 3. The third kappa shape index (κ3) is 10.5. The summed E-state index contributed by atoms with van der Waals surface area (Å²) in [5.74, 6) is 0. The first-order valence-corrected chi connectivity index (χ1v) is 26.1. The summed E-state index contributed by atoms with van der Waals surface area (Å²) in [6.45, 7) is 4.12. The van der Waals surface area contributed by atoms with Crippen molar-refractivity contribution < 1.29 is 14.2 Å². The van der Waals surface area contributed by atoms with Crippen LogP contribution >= 0.6 is 41.6 Å². The van der Waals surface area contributed by atoms with Gasteiger partial charge in [0.1, 0.15) is 0 Å². The zero-order valence-electron chi connectivity index (χ0n) is 26.3. The van der Waals surface area contributed by atoms with Gasteiger partial charge in [-0.3, -0.25) is 0 Å². The third-order valence-electron chi connectivity index (χ3n) is 9.23. The molecule has 0 atom stereocenters. The van der Waals surface area contributed by atoms with Gasteiger partial charge >= 0.3 is 288 Å². The first-order valence-electron chi connectivity index (χ1n) is 16.2. The molecule has 1 heterocycles. The van der Waals surface area contributed by atoms with Gasteiger partial charge in [-0.15, -0.1) is 0 Å². The second kappa shape index (κ2) is 16.1. The molecular weight excluding hydrogens is 726 g/mol. The van der Waals surface area contributed by atoms with E-state index in [2.05, 4.69) is 152 Å². The fourth-order valence-electron chi connectivity index (χ4n) is 6.72. The summed E-state index contributed by atoms with van der Waals surface area (Å²) in [5.41, 5.74) is 5.50. The van der Waals surface area contributed by atoms with Crippen molar-refractivity contribution in [2.75, 3.05) is 64.3 Å². The number of rotatable bonds is 8. The van der Waals surface area contributed by atoms with E-state index in [1.54, 1.807) is 0 Å². The van der Waals surface area contributed by atoms with Gasteiger partial charge in [-0.2, -0.15) is 0 Å². The first kappa shape index (κ1) is 34.9. The Morgan fingerprint density at radius 1 is 0.356 bits per heavy atom.